The monoisotopic (exact) mass is 347 g/mol. The van der Waals surface area contributed by atoms with Crippen LogP contribution in [0.2, 0.25) is 0 Å². The van der Waals surface area contributed by atoms with E-state index in [1.807, 2.05) is 0 Å². The normalized spacial score (nSPS) is 10.3. The van der Waals surface area contributed by atoms with Crippen molar-refractivity contribution in [3.05, 3.63) is 65.6 Å². The van der Waals surface area contributed by atoms with Crippen molar-refractivity contribution in [2.24, 2.45) is 0 Å². The smallest absolute Gasteiger partial charge is 0.418 e. The second kappa shape index (κ2) is 7.37. The van der Waals surface area contributed by atoms with Crippen molar-refractivity contribution >= 4 is 5.69 Å². The summed E-state index contributed by atoms with van der Waals surface area (Å²) in [6.07, 6.45) is -3.82. The highest BCUT2D eigenvalue weighted by Crippen LogP contribution is 2.38. The third-order valence-corrected chi connectivity index (χ3v) is 2.96. The van der Waals surface area contributed by atoms with Crippen LogP contribution in [0.5, 0.6) is 11.5 Å². The van der Waals surface area contributed by atoms with Gasteiger partial charge in [0.1, 0.15) is 35.0 Å². The zero-order valence-corrected chi connectivity index (χ0v) is 12.4. The molecule has 8 heteroatoms. The van der Waals surface area contributed by atoms with Crippen LogP contribution in [-0.2, 0) is 6.18 Å². The number of allylic oxidation sites excluding steroid dienone is 1. The minimum atomic E-state index is -4.70. The Morgan fingerprint density at radius 1 is 1.00 bits per heavy atom. The van der Waals surface area contributed by atoms with E-state index in [1.165, 1.54) is 30.3 Å². The van der Waals surface area contributed by atoms with Crippen molar-refractivity contribution in [1.29, 1.82) is 10.5 Å². The largest absolute Gasteiger partial charge is 0.457 e. The lowest BCUT2D eigenvalue weighted by atomic mass is 10.1. The molecule has 4 nitrogen and oxygen atoms in total. The number of hydrogen-bond donors (Lipinski definition) is 1. The van der Waals surface area contributed by atoms with Gasteiger partial charge in [0.25, 0.3) is 0 Å². The van der Waals surface area contributed by atoms with Gasteiger partial charge in [-0.05, 0) is 42.5 Å². The van der Waals surface area contributed by atoms with E-state index in [4.69, 9.17) is 15.3 Å². The molecule has 0 aliphatic heterocycles. The van der Waals surface area contributed by atoms with Crippen LogP contribution in [0.15, 0.2) is 54.2 Å². The molecule has 0 aliphatic carbocycles. The number of halogens is 4. The maximum atomic E-state index is 13.2. The number of nitriles is 2. The first-order chi connectivity index (χ1) is 11.8. The number of anilines is 1. The molecular formula is C17H9F4N3O. The maximum Gasteiger partial charge on any atom is 0.418 e. The summed E-state index contributed by atoms with van der Waals surface area (Å²) in [7, 11) is 0. The van der Waals surface area contributed by atoms with E-state index in [0.717, 1.165) is 30.5 Å². The molecule has 0 saturated carbocycles. The lowest BCUT2D eigenvalue weighted by molar-refractivity contribution is -0.137. The molecule has 2 aromatic carbocycles. The maximum absolute atomic E-state index is 13.2. The summed E-state index contributed by atoms with van der Waals surface area (Å²) in [5.74, 6) is -0.430. The Labute approximate surface area is 140 Å². The molecule has 0 fully saturated rings. The van der Waals surface area contributed by atoms with Crippen molar-refractivity contribution in [2.45, 2.75) is 6.18 Å². The standard InChI is InChI=1S/C17H9F4N3O/c18-12-1-3-13(4-2-12)25-14-5-6-16(15(7-14)17(19,20)21)24-10-11(8-22)9-23/h1-7,10,24H. The average molecular weight is 347 g/mol. The van der Waals surface area contributed by atoms with Crippen LogP contribution in [0.3, 0.4) is 0 Å². The number of rotatable bonds is 4. The highest BCUT2D eigenvalue weighted by molar-refractivity contribution is 5.59. The molecule has 0 aliphatic rings. The van der Waals surface area contributed by atoms with Gasteiger partial charge in [-0.3, -0.25) is 0 Å². The van der Waals surface area contributed by atoms with Crippen LogP contribution < -0.4 is 10.1 Å². The third kappa shape index (κ3) is 4.72. The number of ether oxygens (including phenoxy) is 1. The van der Waals surface area contributed by atoms with Gasteiger partial charge < -0.3 is 10.1 Å². The molecular weight excluding hydrogens is 338 g/mol. The van der Waals surface area contributed by atoms with Crippen LogP contribution in [0.25, 0.3) is 0 Å². The van der Waals surface area contributed by atoms with Crippen LogP contribution >= 0.6 is 0 Å². The van der Waals surface area contributed by atoms with Gasteiger partial charge in [0, 0.05) is 6.20 Å². The number of nitrogens with zero attached hydrogens (tertiary/aromatic N) is 2. The van der Waals surface area contributed by atoms with Gasteiger partial charge in [-0.1, -0.05) is 0 Å². The summed E-state index contributed by atoms with van der Waals surface area (Å²) < 4.78 is 57.8. The molecule has 0 spiro atoms. The molecule has 0 saturated heterocycles. The molecule has 0 radical (unpaired) electrons. The number of benzene rings is 2. The zero-order chi connectivity index (χ0) is 18.4. The van der Waals surface area contributed by atoms with Crippen LogP contribution in [-0.4, -0.2) is 0 Å². The minimum absolute atomic E-state index is 0.103. The van der Waals surface area contributed by atoms with Gasteiger partial charge in [-0.15, -0.1) is 0 Å². The van der Waals surface area contributed by atoms with Crippen LogP contribution in [0, 0.1) is 28.5 Å². The summed E-state index contributed by atoms with van der Waals surface area (Å²) in [6.45, 7) is 0. The van der Waals surface area contributed by atoms with Crippen molar-refractivity contribution in [2.75, 3.05) is 5.32 Å². The predicted octanol–water partition coefficient (Wildman–Crippen LogP) is 4.98. The molecule has 126 valence electrons. The van der Waals surface area contributed by atoms with Crippen molar-refractivity contribution in [3.63, 3.8) is 0 Å². The number of alkyl halides is 3. The number of hydrogen-bond acceptors (Lipinski definition) is 4. The Hall–Kier alpha value is -3.52. The lowest BCUT2D eigenvalue weighted by Crippen LogP contribution is -2.09. The van der Waals surface area contributed by atoms with Crippen LogP contribution in [0.4, 0.5) is 23.2 Å². The first-order valence-corrected chi connectivity index (χ1v) is 6.75. The van der Waals surface area contributed by atoms with Crippen molar-refractivity contribution in [1.82, 2.24) is 0 Å². The van der Waals surface area contributed by atoms with Gasteiger partial charge in [0.05, 0.1) is 11.3 Å². The minimum Gasteiger partial charge on any atom is -0.457 e. The molecule has 0 bridgehead atoms. The van der Waals surface area contributed by atoms with Gasteiger partial charge in [-0.25, -0.2) is 4.39 Å². The zero-order valence-electron chi connectivity index (χ0n) is 12.4. The Bertz CT molecular complexity index is 859. The molecule has 2 aromatic rings. The Morgan fingerprint density at radius 3 is 2.16 bits per heavy atom. The van der Waals surface area contributed by atoms with E-state index in [-0.39, 0.29) is 22.8 Å². The molecule has 0 aromatic heterocycles. The SMILES string of the molecule is N#CC(C#N)=CNc1ccc(Oc2ccc(F)cc2)cc1C(F)(F)F. The highest BCUT2D eigenvalue weighted by Gasteiger charge is 2.34. The number of nitrogens with one attached hydrogen (secondary N) is 1. The van der Waals surface area contributed by atoms with Crippen molar-refractivity contribution in [3.8, 4) is 23.6 Å². The summed E-state index contributed by atoms with van der Waals surface area (Å²) >= 11 is 0. The summed E-state index contributed by atoms with van der Waals surface area (Å²) in [6, 6.07) is 11.0. The summed E-state index contributed by atoms with van der Waals surface area (Å²) in [5.41, 5.74) is -1.76. The topological polar surface area (TPSA) is 68.8 Å². The quantitative estimate of drug-likeness (QED) is 0.626. The van der Waals surface area contributed by atoms with E-state index in [2.05, 4.69) is 5.32 Å². The van der Waals surface area contributed by atoms with Crippen LogP contribution in [0.1, 0.15) is 5.56 Å². The summed E-state index contributed by atoms with van der Waals surface area (Å²) in [5, 5.41) is 19.5. The van der Waals surface area contributed by atoms with Gasteiger partial charge >= 0.3 is 6.18 Å². The van der Waals surface area contributed by atoms with Crippen molar-refractivity contribution < 1.29 is 22.3 Å². The van der Waals surface area contributed by atoms with E-state index in [0.29, 0.717) is 0 Å². The van der Waals surface area contributed by atoms with Gasteiger partial charge in [0.2, 0.25) is 0 Å². The Balaban J connectivity index is 2.34. The highest BCUT2D eigenvalue weighted by atomic mass is 19.4. The first kappa shape index (κ1) is 17.8. The predicted molar refractivity (Wildman–Crippen MR) is 80.8 cm³/mol. The van der Waals surface area contributed by atoms with Gasteiger partial charge in [-0.2, -0.15) is 23.7 Å². The van der Waals surface area contributed by atoms with E-state index in [9.17, 15) is 17.6 Å². The van der Waals surface area contributed by atoms with E-state index in [1.54, 1.807) is 0 Å². The molecule has 0 heterocycles. The summed E-state index contributed by atoms with van der Waals surface area (Å²) in [4.78, 5) is 0. The lowest BCUT2D eigenvalue weighted by Gasteiger charge is -2.15. The molecule has 1 N–H and O–H groups in total. The fraction of sp³-hybridized carbons (Fsp3) is 0.0588. The fourth-order valence-corrected chi connectivity index (χ4v) is 1.83. The average Bonchev–Trinajstić information content (AvgIpc) is 2.58. The molecule has 0 unspecified atom stereocenters. The Kier molecular flexibility index (Phi) is 5.25. The second-order valence-corrected chi connectivity index (χ2v) is 4.69. The van der Waals surface area contributed by atoms with Gasteiger partial charge in [0.15, 0.2) is 0 Å². The fourth-order valence-electron chi connectivity index (χ4n) is 1.83. The second-order valence-electron chi connectivity index (χ2n) is 4.69. The molecule has 0 atom stereocenters. The molecule has 25 heavy (non-hydrogen) atoms. The van der Waals surface area contributed by atoms with E-state index >= 15 is 0 Å². The third-order valence-electron chi connectivity index (χ3n) is 2.96. The molecule has 2 rings (SSSR count). The first-order valence-electron chi connectivity index (χ1n) is 6.75. The molecule has 0 amide bonds. The van der Waals surface area contributed by atoms with E-state index < -0.39 is 17.6 Å². The Morgan fingerprint density at radius 2 is 1.60 bits per heavy atom.